The van der Waals surface area contributed by atoms with Gasteiger partial charge in [-0.15, -0.1) is 11.8 Å². The quantitative estimate of drug-likeness (QED) is 0.817. The number of nitrogens with zero attached hydrogens (tertiary/aromatic N) is 1. The Morgan fingerprint density at radius 1 is 1.29 bits per heavy atom. The van der Waals surface area contributed by atoms with Gasteiger partial charge in [0, 0.05) is 9.81 Å². The SMILES string of the molecule is C=C1SC=CC1N1C(=S)SC(c2ccccc2)=C(C)C1O. The minimum absolute atomic E-state index is 0.0303. The molecule has 3 rings (SSSR count). The van der Waals surface area contributed by atoms with E-state index in [0.29, 0.717) is 4.32 Å². The maximum absolute atomic E-state index is 10.7. The van der Waals surface area contributed by atoms with Crippen molar-refractivity contribution in [2.45, 2.75) is 19.2 Å². The van der Waals surface area contributed by atoms with E-state index in [1.165, 1.54) is 0 Å². The minimum Gasteiger partial charge on any atom is -0.369 e. The minimum atomic E-state index is -0.709. The molecule has 2 aliphatic rings. The molecule has 0 amide bonds. The van der Waals surface area contributed by atoms with Crippen LogP contribution in [-0.4, -0.2) is 26.6 Å². The summed E-state index contributed by atoms with van der Waals surface area (Å²) in [6.45, 7) is 6.01. The van der Waals surface area contributed by atoms with Crippen LogP contribution in [0.1, 0.15) is 12.5 Å². The monoisotopic (exact) mass is 333 g/mol. The Morgan fingerprint density at radius 2 is 2.00 bits per heavy atom. The van der Waals surface area contributed by atoms with E-state index < -0.39 is 6.23 Å². The molecular formula is C16H15NOS3. The van der Waals surface area contributed by atoms with Crippen LogP contribution in [0.15, 0.2) is 58.9 Å². The van der Waals surface area contributed by atoms with E-state index in [1.54, 1.807) is 23.5 Å². The highest BCUT2D eigenvalue weighted by atomic mass is 32.2. The first-order valence-electron chi connectivity index (χ1n) is 6.56. The maximum atomic E-state index is 10.7. The molecule has 5 heteroatoms. The molecule has 0 saturated carbocycles. The third-order valence-corrected chi connectivity index (χ3v) is 6.00. The maximum Gasteiger partial charge on any atom is 0.152 e. The molecule has 0 aliphatic carbocycles. The summed E-state index contributed by atoms with van der Waals surface area (Å²) in [6.07, 6.45) is 1.32. The Kier molecular flexibility index (Phi) is 4.26. The number of thioether (sulfide) groups is 2. The van der Waals surface area contributed by atoms with Gasteiger partial charge < -0.3 is 10.0 Å². The van der Waals surface area contributed by atoms with Crippen LogP contribution < -0.4 is 0 Å². The van der Waals surface area contributed by atoms with Crippen molar-refractivity contribution in [3.05, 3.63) is 64.4 Å². The third kappa shape index (κ3) is 2.71. The molecule has 1 aromatic rings. The zero-order valence-corrected chi connectivity index (χ0v) is 14.0. The topological polar surface area (TPSA) is 23.5 Å². The molecule has 0 radical (unpaired) electrons. The average Bonchev–Trinajstić information content (AvgIpc) is 2.90. The van der Waals surface area contributed by atoms with Gasteiger partial charge in [-0.2, -0.15) is 0 Å². The first-order chi connectivity index (χ1) is 10.1. The van der Waals surface area contributed by atoms with E-state index in [2.05, 4.69) is 6.58 Å². The Hall–Kier alpha value is -1.01. The molecular weight excluding hydrogens is 318 g/mol. The van der Waals surface area contributed by atoms with Crippen molar-refractivity contribution in [2.75, 3.05) is 0 Å². The van der Waals surface area contributed by atoms with Gasteiger partial charge in [-0.05, 0) is 23.5 Å². The van der Waals surface area contributed by atoms with Crippen LogP contribution in [0.25, 0.3) is 4.91 Å². The molecule has 0 aromatic heterocycles. The summed E-state index contributed by atoms with van der Waals surface area (Å²) in [5.74, 6) is 0. The summed E-state index contributed by atoms with van der Waals surface area (Å²) in [5.41, 5.74) is 2.02. The summed E-state index contributed by atoms with van der Waals surface area (Å²) >= 11 is 8.66. The molecule has 2 nitrogen and oxygen atoms in total. The first-order valence-corrected chi connectivity index (χ1v) is 8.66. The van der Waals surface area contributed by atoms with Crippen LogP contribution in [0.3, 0.4) is 0 Å². The highest BCUT2D eigenvalue weighted by Crippen LogP contribution is 2.43. The Bertz CT molecular complexity index is 651. The van der Waals surface area contributed by atoms with Crippen LogP contribution in [0.5, 0.6) is 0 Å². The molecule has 1 N–H and O–H groups in total. The van der Waals surface area contributed by atoms with Gasteiger partial charge in [0.15, 0.2) is 6.23 Å². The zero-order valence-electron chi connectivity index (χ0n) is 11.5. The van der Waals surface area contributed by atoms with Crippen molar-refractivity contribution < 1.29 is 5.11 Å². The van der Waals surface area contributed by atoms with E-state index in [-0.39, 0.29) is 6.04 Å². The average molecular weight is 334 g/mol. The van der Waals surface area contributed by atoms with Crippen LogP contribution in [0.4, 0.5) is 0 Å². The lowest BCUT2D eigenvalue weighted by atomic mass is 10.1. The fourth-order valence-corrected chi connectivity index (χ4v) is 4.62. The van der Waals surface area contributed by atoms with Gasteiger partial charge in [0.2, 0.25) is 0 Å². The number of hydrogen-bond acceptors (Lipinski definition) is 4. The van der Waals surface area contributed by atoms with Gasteiger partial charge in [-0.1, -0.05) is 67.0 Å². The van der Waals surface area contributed by atoms with Crippen LogP contribution >= 0.6 is 35.7 Å². The molecule has 21 heavy (non-hydrogen) atoms. The molecule has 2 atom stereocenters. The molecule has 0 bridgehead atoms. The molecule has 0 spiro atoms. The molecule has 0 saturated heterocycles. The van der Waals surface area contributed by atoms with E-state index in [4.69, 9.17) is 12.2 Å². The van der Waals surface area contributed by atoms with E-state index in [1.807, 2.05) is 53.6 Å². The first kappa shape index (κ1) is 14.9. The predicted octanol–water partition coefficient (Wildman–Crippen LogP) is 4.21. The van der Waals surface area contributed by atoms with Gasteiger partial charge in [0.05, 0.1) is 6.04 Å². The van der Waals surface area contributed by atoms with E-state index in [0.717, 1.165) is 20.9 Å². The summed E-state index contributed by atoms with van der Waals surface area (Å²) < 4.78 is 0.685. The van der Waals surface area contributed by atoms with Gasteiger partial charge in [0.25, 0.3) is 0 Å². The molecule has 1 aromatic carbocycles. The van der Waals surface area contributed by atoms with Crippen molar-refractivity contribution >= 4 is 45.0 Å². The lowest BCUT2D eigenvalue weighted by Gasteiger charge is -2.39. The van der Waals surface area contributed by atoms with E-state index in [9.17, 15) is 5.11 Å². The third-order valence-electron chi connectivity index (χ3n) is 3.55. The van der Waals surface area contributed by atoms with Crippen LogP contribution in [-0.2, 0) is 0 Å². The van der Waals surface area contributed by atoms with Crippen molar-refractivity contribution in [1.82, 2.24) is 4.90 Å². The number of rotatable bonds is 2. The van der Waals surface area contributed by atoms with Crippen molar-refractivity contribution in [1.29, 1.82) is 0 Å². The second-order valence-electron chi connectivity index (χ2n) is 4.88. The summed E-state index contributed by atoms with van der Waals surface area (Å²) in [7, 11) is 0. The Labute approximate surface area is 138 Å². The van der Waals surface area contributed by atoms with Crippen molar-refractivity contribution in [3.8, 4) is 0 Å². The molecule has 0 fully saturated rings. The predicted molar refractivity (Wildman–Crippen MR) is 96.7 cm³/mol. The number of thiocarbonyl (C=S) groups is 1. The molecule has 2 aliphatic heterocycles. The molecule has 108 valence electrons. The largest absolute Gasteiger partial charge is 0.369 e. The summed E-state index contributed by atoms with van der Waals surface area (Å²) in [6, 6.07) is 10.0. The van der Waals surface area contributed by atoms with Gasteiger partial charge in [0.1, 0.15) is 4.32 Å². The number of benzene rings is 1. The molecule has 2 unspecified atom stereocenters. The van der Waals surface area contributed by atoms with Crippen LogP contribution in [0.2, 0.25) is 0 Å². The smallest absolute Gasteiger partial charge is 0.152 e. The van der Waals surface area contributed by atoms with Gasteiger partial charge in [-0.3, -0.25) is 0 Å². The summed E-state index contributed by atoms with van der Waals surface area (Å²) in [4.78, 5) is 3.90. The second kappa shape index (κ2) is 6.01. The van der Waals surface area contributed by atoms with E-state index >= 15 is 0 Å². The Morgan fingerprint density at radius 3 is 2.62 bits per heavy atom. The lowest BCUT2D eigenvalue weighted by molar-refractivity contribution is 0.0832. The fourth-order valence-electron chi connectivity index (χ4n) is 2.41. The standard InChI is InChI=1S/C16H15NOS3/c1-10-14(12-6-4-3-5-7-12)21-16(19)17(15(10)18)13-8-9-20-11(13)2/h3-9,13,15,18H,2H2,1H3. The highest BCUT2D eigenvalue weighted by molar-refractivity contribution is 8.29. The number of aliphatic hydroxyl groups is 1. The van der Waals surface area contributed by atoms with Gasteiger partial charge >= 0.3 is 0 Å². The highest BCUT2D eigenvalue weighted by Gasteiger charge is 2.36. The second-order valence-corrected chi connectivity index (χ2v) is 7.56. The lowest BCUT2D eigenvalue weighted by Crippen LogP contribution is -2.47. The Balaban J connectivity index is 1.97. The van der Waals surface area contributed by atoms with Gasteiger partial charge in [-0.25, -0.2) is 0 Å². The summed E-state index contributed by atoms with van der Waals surface area (Å²) in [5, 5.41) is 12.7. The zero-order chi connectivity index (χ0) is 15.0. The fraction of sp³-hybridized carbons (Fsp3) is 0.188. The molecule has 2 heterocycles. The van der Waals surface area contributed by atoms with Crippen molar-refractivity contribution in [2.24, 2.45) is 0 Å². The number of hydrogen-bond donors (Lipinski definition) is 1. The van der Waals surface area contributed by atoms with Crippen LogP contribution in [0, 0.1) is 0 Å². The normalized spacial score (nSPS) is 25.9. The number of aliphatic hydroxyl groups excluding tert-OH is 1. The van der Waals surface area contributed by atoms with Crippen molar-refractivity contribution in [3.63, 3.8) is 0 Å².